The van der Waals surface area contributed by atoms with E-state index >= 15 is 0 Å². The van der Waals surface area contributed by atoms with Crippen LogP contribution in [0.1, 0.15) is 13.8 Å². The van der Waals surface area contributed by atoms with E-state index in [0.717, 1.165) is 4.31 Å². The van der Waals surface area contributed by atoms with Gasteiger partial charge in [0.25, 0.3) is 0 Å². The Morgan fingerprint density at radius 2 is 1.71 bits per heavy atom. The third kappa shape index (κ3) is 4.47. The average Bonchev–Trinajstić information content (AvgIpc) is 2.34. The van der Waals surface area contributed by atoms with Crippen molar-refractivity contribution in [3.8, 4) is 0 Å². The molecule has 1 aromatic rings. The lowest BCUT2D eigenvalue weighted by atomic mass is 10.4. The minimum atomic E-state index is -4.03. The Hall–Kier alpha value is -0.530. The molecule has 0 bridgehead atoms. The van der Waals surface area contributed by atoms with Crippen molar-refractivity contribution in [1.29, 1.82) is 0 Å². The lowest BCUT2D eigenvalue weighted by Gasteiger charge is -2.21. The SMILES string of the molecule is CCOC(=O)CN(CC)S(=O)(=O)c1c(Cl)cc(Cl)cc1Cl. The Labute approximate surface area is 138 Å². The van der Waals surface area contributed by atoms with E-state index in [1.165, 1.54) is 12.1 Å². The van der Waals surface area contributed by atoms with Gasteiger partial charge in [-0.3, -0.25) is 4.79 Å². The lowest BCUT2D eigenvalue weighted by molar-refractivity contribution is -0.143. The molecular weight excluding hydrogens is 361 g/mol. The average molecular weight is 375 g/mol. The van der Waals surface area contributed by atoms with Crippen LogP contribution in [0.2, 0.25) is 15.1 Å². The number of hydrogen-bond acceptors (Lipinski definition) is 4. The fourth-order valence-corrected chi connectivity index (χ4v) is 4.51. The van der Waals surface area contributed by atoms with Crippen LogP contribution >= 0.6 is 34.8 Å². The van der Waals surface area contributed by atoms with E-state index in [9.17, 15) is 13.2 Å². The first-order chi connectivity index (χ1) is 9.73. The molecule has 9 heteroatoms. The normalized spacial score (nSPS) is 11.7. The third-order valence-electron chi connectivity index (χ3n) is 2.52. The summed E-state index contributed by atoms with van der Waals surface area (Å²) in [7, 11) is -4.03. The number of hydrogen-bond donors (Lipinski definition) is 0. The van der Waals surface area contributed by atoms with E-state index in [1.54, 1.807) is 13.8 Å². The van der Waals surface area contributed by atoms with Crippen molar-refractivity contribution in [3.05, 3.63) is 27.2 Å². The number of halogens is 3. The minimum Gasteiger partial charge on any atom is -0.465 e. The van der Waals surface area contributed by atoms with Crippen molar-refractivity contribution < 1.29 is 17.9 Å². The molecule has 0 aliphatic carbocycles. The quantitative estimate of drug-likeness (QED) is 0.717. The maximum Gasteiger partial charge on any atom is 0.321 e. The van der Waals surface area contributed by atoms with Crippen LogP contribution < -0.4 is 0 Å². The zero-order valence-electron chi connectivity index (χ0n) is 11.4. The van der Waals surface area contributed by atoms with Gasteiger partial charge in [-0.1, -0.05) is 41.7 Å². The first-order valence-electron chi connectivity index (χ1n) is 6.04. The molecule has 0 unspecified atom stereocenters. The molecule has 0 saturated carbocycles. The van der Waals surface area contributed by atoms with Gasteiger partial charge >= 0.3 is 5.97 Å². The molecule has 5 nitrogen and oxygen atoms in total. The molecule has 21 heavy (non-hydrogen) atoms. The maximum absolute atomic E-state index is 12.6. The van der Waals surface area contributed by atoms with E-state index < -0.39 is 22.5 Å². The molecule has 0 aliphatic heterocycles. The highest BCUT2D eigenvalue weighted by atomic mass is 35.5. The van der Waals surface area contributed by atoms with Crippen LogP contribution in [0.15, 0.2) is 17.0 Å². The first kappa shape index (κ1) is 18.5. The van der Waals surface area contributed by atoms with E-state index in [4.69, 9.17) is 39.5 Å². The van der Waals surface area contributed by atoms with Gasteiger partial charge in [0.15, 0.2) is 0 Å². The Morgan fingerprint density at radius 3 is 2.14 bits per heavy atom. The highest BCUT2D eigenvalue weighted by Crippen LogP contribution is 2.34. The van der Waals surface area contributed by atoms with Gasteiger partial charge in [0.05, 0.1) is 16.7 Å². The number of carbonyl (C=O) groups is 1. The standard InChI is InChI=1S/C12H14Cl3NO4S/c1-3-16(7-11(17)20-4-2)21(18,19)12-9(14)5-8(13)6-10(12)15/h5-6H,3-4,7H2,1-2H3. The summed E-state index contributed by atoms with van der Waals surface area (Å²) in [6.07, 6.45) is 0. The summed E-state index contributed by atoms with van der Waals surface area (Å²) in [6.45, 7) is 3.04. The summed E-state index contributed by atoms with van der Waals surface area (Å²) < 4.78 is 30.8. The van der Waals surface area contributed by atoms with Crippen molar-refractivity contribution in [2.24, 2.45) is 0 Å². The van der Waals surface area contributed by atoms with Crippen molar-refractivity contribution in [2.45, 2.75) is 18.7 Å². The molecule has 0 amide bonds. The predicted octanol–water partition coefficient (Wildman–Crippen LogP) is 3.22. The zero-order chi connectivity index (χ0) is 16.2. The van der Waals surface area contributed by atoms with Crippen LogP contribution in [-0.2, 0) is 19.6 Å². The largest absolute Gasteiger partial charge is 0.465 e. The molecular formula is C12H14Cl3NO4S. The molecule has 1 aromatic carbocycles. The van der Waals surface area contributed by atoms with Gasteiger partial charge in [-0.25, -0.2) is 8.42 Å². The van der Waals surface area contributed by atoms with Gasteiger partial charge in [0.1, 0.15) is 11.4 Å². The predicted molar refractivity (Wildman–Crippen MR) is 82.5 cm³/mol. The second-order valence-electron chi connectivity index (χ2n) is 3.93. The second-order valence-corrected chi connectivity index (χ2v) is 7.06. The summed E-state index contributed by atoms with van der Waals surface area (Å²) in [5.41, 5.74) is 0. The number of nitrogens with zero attached hydrogens (tertiary/aromatic N) is 1. The number of ether oxygens (including phenoxy) is 1. The fraction of sp³-hybridized carbons (Fsp3) is 0.417. The smallest absolute Gasteiger partial charge is 0.321 e. The van der Waals surface area contributed by atoms with Crippen LogP contribution in [0.3, 0.4) is 0 Å². The highest BCUT2D eigenvalue weighted by Gasteiger charge is 2.30. The Balaban J connectivity index is 3.23. The van der Waals surface area contributed by atoms with E-state index in [-0.39, 0.29) is 33.1 Å². The van der Waals surface area contributed by atoms with Gasteiger partial charge in [-0.05, 0) is 19.1 Å². The van der Waals surface area contributed by atoms with E-state index in [1.807, 2.05) is 0 Å². The summed E-state index contributed by atoms with van der Waals surface area (Å²) in [5, 5.41) is 0.0157. The van der Waals surface area contributed by atoms with Crippen molar-refractivity contribution in [1.82, 2.24) is 4.31 Å². The molecule has 0 aliphatic rings. The van der Waals surface area contributed by atoms with Gasteiger partial charge in [0, 0.05) is 11.6 Å². The summed E-state index contributed by atoms with van der Waals surface area (Å²) in [6, 6.07) is 2.56. The molecule has 0 saturated heterocycles. The van der Waals surface area contributed by atoms with Crippen molar-refractivity contribution in [2.75, 3.05) is 19.7 Å². The van der Waals surface area contributed by atoms with Gasteiger partial charge < -0.3 is 4.74 Å². The molecule has 0 heterocycles. The molecule has 0 fully saturated rings. The second kappa shape index (κ2) is 7.65. The molecule has 0 spiro atoms. The summed E-state index contributed by atoms with van der Waals surface area (Å²) in [4.78, 5) is 11.2. The van der Waals surface area contributed by atoms with Crippen molar-refractivity contribution in [3.63, 3.8) is 0 Å². The molecule has 118 valence electrons. The summed E-state index contributed by atoms with van der Waals surface area (Å²) in [5.74, 6) is -0.649. The van der Waals surface area contributed by atoms with Gasteiger partial charge in [0.2, 0.25) is 10.0 Å². The molecule has 0 radical (unpaired) electrons. The number of benzene rings is 1. The number of esters is 1. The molecule has 0 N–H and O–H groups in total. The molecule has 1 rings (SSSR count). The topological polar surface area (TPSA) is 63.7 Å². The minimum absolute atomic E-state index is 0.0659. The monoisotopic (exact) mass is 373 g/mol. The Morgan fingerprint density at radius 1 is 1.19 bits per heavy atom. The molecule has 0 atom stereocenters. The van der Waals surface area contributed by atoms with Gasteiger partial charge in [-0.15, -0.1) is 0 Å². The highest BCUT2D eigenvalue weighted by molar-refractivity contribution is 7.89. The fourth-order valence-electron chi connectivity index (χ4n) is 1.62. The number of rotatable bonds is 6. The number of carbonyl (C=O) groups excluding carboxylic acids is 1. The number of sulfonamides is 1. The van der Waals surface area contributed by atoms with Crippen LogP contribution in [0.4, 0.5) is 0 Å². The van der Waals surface area contributed by atoms with E-state index in [2.05, 4.69) is 0 Å². The van der Waals surface area contributed by atoms with Gasteiger partial charge in [-0.2, -0.15) is 4.31 Å². The number of likely N-dealkylation sites (N-methyl/N-ethyl adjacent to an activating group) is 1. The van der Waals surface area contributed by atoms with E-state index in [0.29, 0.717) is 0 Å². The summed E-state index contributed by atoms with van der Waals surface area (Å²) >= 11 is 17.6. The Kier molecular flexibility index (Phi) is 6.74. The Bertz CT molecular complexity index is 610. The van der Waals surface area contributed by atoms with Crippen LogP contribution in [0.25, 0.3) is 0 Å². The van der Waals surface area contributed by atoms with Crippen LogP contribution in [0.5, 0.6) is 0 Å². The van der Waals surface area contributed by atoms with Crippen LogP contribution in [0, 0.1) is 0 Å². The van der Waals surface area contributed by atoms with Crippen molar-refractivity contribution >= 4 is 50.8 Å². The lowest BCUT2D eigenvalue weighted by Crippen LogP contribution is -2.36. The molecule has 0 aromatic heterocycles. The first-order valence-corrected chi connectivity index (χ1v) is 8.61. The van der Waals surface area contributed by atoms with Crippen LogP contribution in [-0.4, -0.2) is 38.4 Å². The third-order valence-corrected chi connectivity index (χ3v) is 5.59. The maximum atomic E-state index is 12.6. The zero-order valence-corrected chi connectivity index (χ0v) is 14.5.